The number of amides is 3. The van der Waals surface area contributed by atoms with Crippen molar-refractivity contribution in [2.24, 2.45) is 0 Å². The Morgan fingerprint density at radius 1 is 1.33 bits per heavy atom. The van der Waals surface area contributed by atoms with Crippen molar-refractivity contribution in [1.82, 2.24) is 10.6 Å². The van der Waals surface area contributed by atoms with Crippen LogP contribution in [0.3, 0.4) is 0 Å². The summed E-state index contributed by atoms with van der Waals surface area (Å²) in [5.41, 5.74) is -0.0868. The second-order valence-electron chi connectivity index (χ2n) is 6.64. The summed E-state index contributed by atoms with van der Waals surface area (Å²) < 4.78 is 34.3. The lowest BCUT2D eigenvalue weighted by molar-refractivity contribution is -0.123. The SMILES string of the molecule is CCC(=O)NCC1CN(c2cc(F)c(C3CCNC(=O)C3)c(F)c2)C(=O)O1. The van der Waals surface area contributed by atoms with E-state index in [2.05, 4.69) is 10.6 Å². The Kier molecular flexibility index (Phi) is 5.57. The van der Waals surface area contributed by atoms with Crippen molar-refractivity contribution < 1.29 is 27.9 Å². The highest BCUT2D eigenvalue weighted by Gasteiger charge is 2.34. The van der Waals surface area contributed by atoms with Crippen LogP contribution in [0.5, 0.6) is 0 Å². The van der Waals surface area contributed by atoms with E-state index in [-0.39, 0.29) is 42.6 Å². The third kappa shape index (κ3) is 4.17. The monoisotopic (exact) mass is 381 g/mol. The summed E-state index contributed by atoms with van der Waals surface area (Å²) in [5.74, 6) is -2.53. The van der Waals surface area contributed by atoms with Crippen LogP contribution in [-0.4, -0.2) is 43.6 Å². The number of piperidine rings is 1. The normalized spacial score (nSPS) is 22.4. The number of nitrogens with zero attached hydrogens (tertiary/aromatic N) is 1. The number of ether oxygens (including phenoxy) is 1. The Balaban J connectivity index is 1.74. The van der Waals surface area contributed by atoms with Crippen LogP contribution < -0.4 is 15.5 Å². The molecule has 1 aromatic rings. The van der Waals surface area contributed by atoms with Gasteiger partial charge < -0.3 is 15.4 Å². The second kappa shape index (κ2) is 7.89. The second-order valence-corrected chi connectivity index (χ2v) is 6.64. The van der Waals surface area contributed by atoms with Crippen LogP contribution in [0.25, 0.3) is 0 Å². The van der Waals surface area contributed by atoms with Gasteiger partial charge in [-0.05, 0) is 18.6 Å². The maximum absolute atomic E-state index is 14.6. The number of hydrogen-bond acceptors (Lipinski definition) is 4. The van der Waals surface area contributed by atoms with Gasteiger partial charge in [0, 0.05) is 30.9 Å². The van der Waals surface area contributed by atoms with Gasteiger partial charge in [-0.2, -0.15) is 0 Å². The number of rotatable bonds is 5. The van der Waals surface area contributed by atoms with Gasteiger partial charge in [0.15, 0.2) is 0 Å². The van der Waals surface area contributed by atoms with Gasteiger partial charge >= 0.3 is 6.09 Å². The predicted molar refractivity (Wildman–Crippen MR) is 92.3 cm³/mol. The predicted octanol–water partition coefficient (Wildman–Crippen LogP) is 1.81. The molecular weight excluding hydrogens is 360 g/mol. The molecule has 2 heterocycles. The first kappa shape index (κ1) is 19.1. The van der Waals surface area contributed by atoms with Crippen LogP contribution in [0.15, 0.2) is 12.1 Å². The number of benzene rings is 1. The molecule has 0 aromatic heterocycles. The van der Waals surface area contributed by atoms with E-state index in [0.29, 0.717) is 19.4 Å². The molecular formula is C18H21F2N3O4. The number of anilines is 1. The minimum Gasteiger partial charge on any atom is -0.442 e. The molecule has 0 radical (unpaired) electrons. The van der Waals surface area contributed by atoms with Crippen LogP contribution in [0.1, 0.15) is 37.7 Å². The summed E-state index contributed by atoms with van der Waals surface area (Å²) in [6.45, 7) is 2.28. The van der Waals surface area contributed by atoms with Crippen molar-refractivity contribution in [3.05, 3.63) is 29.3 Å². The molecule has 2 unspecified atom stereocenters. The van der Waals surface area contributed by atoms with Gasteiger partial charge in [0.2, 0.25) is 11.8 Å². The molecule has 2 N–H and O–H groups in total. The fraction of sp³-hybridized carbons (Fsp3) is 0.500. The van der Waals surface area contributed by atoms with Crippen molar-refractivity contribution in [3.8, 4) is 0 Å². The van der Waals surface area contributed by atoms with Crippen molar-refractivity contribution in [2.75, 3.05) is 24.5 Å². The van der Waals surface area contributed by atoms with Crippen LogP contribution in [0.4, 0.5) is 19.3 Å². The van der Waals surface area contributed by atoms with Crippen LogP contribution in [-0.2, 0) is 14.3 Å². The van der Waals surface area contributed by atoms with Gasteiger partial charge in [-0.1, -0.05) is 6.92 Å². The number of hydrogen-bond donors (Lipinski definition) is 2. The molecule has 146 valence electrons. The van der Waals surface area contributed by atoms with Gasteiger partial charge in [0.25, 0.3) is 0 Å². The van der Waals surface area contributed by atoms with E-state index in [1.165, 1.54) is 0 Å². The summed E-state index contributed by atoms with van der Waals surface area (Å²) in [4.78, 5) is 36.0. The summed E-state index contributed by atoms with van der Waals surface area (Å²) in [7, 11) is 0. The fourth-order valence-electron chi connectivity index (χ4n) is 3.34. The Hall–Kier alpha value is -2.71. The summed E-state index contributed by atoms with van der Waals surface area (Å²) in [6, 6.07) is 2.17. The van der Waals surface area contributed by atoms with E-state index in [0.717, 1.165) is 17.0 Å². The van der Waals surface area contributed by atoms with E-state index in [1.54, 1.807) is 6.92 Å². The highest BCUT2D eigenvalue weighted by Crippen LogP contribution is 2.33. The summed E-state index contributed by atoms with van der Waals surface area (Å²) in [5, 5.41) is 5.25. The van der Waals surface area contributed by atoms with Crippen molar-refractivity contribution >= 4 is 23.6 Å². The number of carbonyl (C=O) groups excluding carboxylic acids is 3. The zero-order valence-corrected chi connectivity index (χ0v) is 14.9. The first-order valence-electron chi connectivity index (χ1n) is 8.89. The molecule has 2 fully saturated rings. The summed E-state index contributed by atoms with van der Waals surface area (Å²) >= 11 is 0. The maximum Gasteiger partial charge on any atom is 0.414 e. The molecule has 9 heteroatoms. The lowest BCUT2D eigenvalue weighted by Gasteiger charge is -2.24. The van der Waals surface area contributed by atoms with Crippen molar-refractivity contribution in [2.45, 2.75) is 38.2 Å². The first-order chi connectivity index (χ1) is 12.9. The number of cyclic esters (lactones) is 1. The molecule has 2 atom stereocenters. The third-order valence-electron chi connectivity index (χ3n) is 4.75. The molecule has 1 aromatic carbocycles. The van der Waals surface area contributed by atoms with Gasteiger partial charge in [-0.3, -0.25) is 14.5 Å². The lowest BCUT2D eigenvalue weighted by Crippen LogP contribution is -2.34. The van der Waals surface area contributed by atoms with Crippen LogP contribution >= 0.6 is 0 Å². The lowest BCUT2D eigenvalue weighted by atomic mass is 9.89. The molecule has 27 heavy (non-hydrogen) atoms. The quantitative estimate of drug-likeness (QED) is 0.814. The van der Waals surface area contributed by atoms with E-state index in [9.17, 15) is 23.2 Å². The first-order valence-corrected chi connectivity index (χ1v) is 8.89. The van der Waals surface area contributed by atoms with E-state index >= 15 is 0 Å². The van der Waals surface area contributed by atoms with Gasteiger partial charge in [-0.15, -0.1) is 0 Å². The van der Waals surface area contributed by atoms with Crippen molar-refractivity contribution in [1.29, 1.82) is 0 Å². The van der Waals surface area contributed by atoms with E-state index < -0.39 is 29.7 Å². The summed E-state index contributed by atoms with van der Waals surface area (Å²) in [6.07, 6.45) is -0.543. The third-order valence-corrected chi connectivity index (χ3v) is 4.75. The largest absolute Gasteiger partial charge is 0.442 e. The Bertz CT molecular complexity index is 748. The maximum atomic E-state index is 14.6. The van der Waals surface area contributed by atoms with Crippen LogP contribution in [0, 0.1) is 11.6 Å². The topological polar surface area (TPSA) is 87.7 Å². The number of nitrogens with one attached hydrogen (secondary N) is 2. The van der Waals surface area contributed by atoms with Gasteiger partial charge in [0.1, 0.15) is 17.7 Å². The van der Waals surface area contributed by atoms with Gasteiger partial charge in [-0.25, -0.2) is 13.6 Å². The zero-order chi connectivity index (χ0) is 19.6. The van der Waals surface area contributed by atoms with E-state index in [1.807, 2.05) is 0 Å². The Morgan fingerprint density at radius 2 is 2.04 bits per heavy atom. The van der Waals surface area contributed by atoms with Crippen LogP contribution in [0.2, 0.25) is 0 Å². The average Bonchev–Trinajstić information content (AvgIpc) is 3.00. The molecule has 0 aliphatic carbocycles. The highest BCUT2D eigenvalue weighted by atomic mass is 19.1. The average molecular weight is 381 g/mol. The Labute approximate surface area is 155 Å². The minimum atomic E-state index is -0.791. The zero-order valence-electron chi connectivity index (χ0n) is 14.9. The molecule has 2 aliphatic heterocycles. The standard InChI is InChI=1S/C18H21F2N3O4/c1-2-15(24)22-8-12-9-23(18(26)27-12)11-6-13(19)17(14(20)7-11)10-3-4-21-16(25)5-10/h6-7,10,12H,2-5,8-9H2,1H3,(H,21,25)(H,22,24). The number of halogens is 2. The molecule has 0 saturated carbocycles. The van der Waals surface area contributed by atoms with Crippen molar-refractivity contribution in [3.63, 3.8) is 0 Å². The smallest absolute Gasteiger partial charge is 0.414 e. The number of carbonyl (C=O) groups is 3. The molecule has 2 saturated heterocycles. The molecule has 3 amide bonds. The molecule has 7 nitrogen and oxygen atoms in total. The minimum absolute atomic E-state index is 0.0259. The molecule has 0 bridgehead atoms. The van der Waals surface area contributed by atoms with Gasteiger partial charge in [0.05, 0.1) is 18.8 Å². The molecule has 0 spiro atoms. The molecule has 2 aliphatic rings. The Morgan fingerprint density at radius 3 is 2.67 bits per heavy atom. The fourth-order valence-corrected chi connectivity index (χ4v) is 3.34. The highest BCUT2D eigenvalue weighted by molar-refractivity contribution is 5.90. The molecule has 3 rings (SSSR count). The van der Waals surface area contributed by atoms with E-state index in [4.69, 9.17) is 4.74 Å².